The van der Waals surface area contributed by atoms with Crippen molar-refractivity contribution in [1.29, 1.82) is 0 Å². The Morgan fingerprint density at radius 1 is 1.07 bits per heavy atom. The van der Waals surface area contributed by atoms with Crippen molar-refractivity contribution in [2.75, 3.05) is 26.2 Å². The Labute approximate surface area is 259 Å². The fraction of sp³-hybridized carbons (Fsp3) is 0.424. The number of piperazine rings is 1. The van der Waals surface area contributed by atoms with Gasteiger partial charge in [0.25, 0.3) is 5.91 Å². The lowest BCUT2D eigenvalue weighted by atomic mass is 10.0. The van der Waals surface area contributed by atoms with Crippen LogP contribution < -0.4 is 0 Å². The number of carbonyl (C=O) groups is 2. The Bertz CT molecular complexity index is 1770. The van der Waals surface area contributed by atoms with E-state index in [4.69, 9.17) is 6.42 Å². The van der Waals surface area contributed by atoms with Crippen molar-refractivity contribution in [1.82, 2.24) is 33.9 Å². The molecular formula is C33H34F3N7O2. The minimum absolute atomic E-state index is 0.0640. The highest BCUT2D eigenvalue weighted by Crippen LogP contribution is 2.36. The normalized spacial score (nSPS) is 16.0. The lowest BCUT2D eigenvalue weighted by molar-refractivity contribution is -0.141. The van der Waals surface area contributed by atoms with E-state index in [1.807, 2.05) is 24.0 Å². The molecule has 4 heterocycles. The molecule has 0 unspecified atom stereocenters. The number of hydrogen-bond donors (Lipinski definition) is 0. The summed E-state index contributed by atoms with van der Waals surface area (Å²) in [7, 11) is 0. The van der Waals surface area contributed by atoms with Gasteiger partial charge >= 0.3 is 6.18 Å². The predicted molar refractivity (Wildman–Crippen MR) is 161 cm³/mol. The number of fused-ring (bicyclic) bond motifs is 1. The molecule has 9 nitrogen and oxygen atoms in total. The zero-order valence-corrected chi connectivity index (χ0v) is 25.1. The van der Waals surface area contributed by atoms with Gasteiger partial charge in [0.1, 0.15) is 6.54 Å². The topological polar surface area (TPSA) is 88.6 Å². The number of amides is 2. The van der Waals surface area contributed by atoms with Crippen molar-refractivity contribution in [2.45, 2.75) is 58.2 Å². The van der Waals surface area contributed by atoms with Gasteiger partial charge in [-0.25, -0.2) is 4.98 Å². The molecule has 1 aromatic carbocycles. The van der Waals surface area contributed by atoms with Crippen LogP contribution in [0.1, 0.15) is 65.0 Å². The minimum Gasteiger partial charge on any atom is -0.339 e. The highest BCUT2D eigenvalue weighted by atomic mass is 19.4. The van der Waals surface area contributed by atoms with E-state index < -0.39 is 11.9 Å². The third-order valence-corrected chi connectivity index (χ3v) is 8.81. The van der Waals surface area contributed by atoms with E-state index in [1.54, 1.807) is 21.6 Å². The van der Waals surface area contributed by atoms with Crippen LogP contribution in [0.2, 0.25) is 0 Å². The quantitative estimate of drug-likeness (QED) is 0.272. The molecule has 0 spiro atoms. The lowest BCUT2D eigenvalue weighted by Gasteiger charge is -2.35. The van der Waals surface area contributed by atoms with Gasteiger partial charge in [-0.1, -0.05) is 30.9 Å². The van der Waals surface area contributed by atoms with Crippen molar-refractivity contribution in [2.24, 2.45) is 5.92 Å². The second kappa shape index (κ2) is 12.4. The van der Waals surface area contributed by atoms with E-state index in [-0.39, 0.29) is 29.6 Å². The molecule has 1 aliphatic carbocycles. The Morgan fingerprint density at radius 3 is 2.49 bits per heavy atom. The largest absolute Gasteiger partial charge is 0.435 e. The summed E-state index contributed by atoms with van der Waals surface area (Å²) in [5.74, 6) is 2.94. The average molecular weight is 618 g/mol. The maximum atomic E-state index is 13.8. The molecule has 1 saturated heterocycles. The molecular weight excluding hydrogens is 583 g/mol. The number of rotatable bonds is 7. The van der Waals surface area contributed by atoms with Gasteiger partial charge in [-0.15, -0.1) is 6.42 Å². The molecule has 6 rings (SSSR count). The van der Waals surface area contributed by atoms with Gasteiger partial charge < -0.3 is 9.80 Å². The van der Waals surface area contributed by atoms with Crippen LogP contribution in [0.25, 0.3) is 16.9 Å². The van der Waals surface area contributed by atoms with Crippen LogP contribution in [-0.4, -0.2) is 71.9 Å². The third kappa shape index (κ3) is 6.30. The molecule has 1 aliphatic heterocycles. The Kier molecular flexibility index (Phi) is 8.36. The van der Waals surface area contributed by atoms with Gasteiger partial charge in [0.05, 0.1) is 23.1 Å². The van der Waals surface area contributed by atoms with E-state index in [0.717, 1.165) is 28.7 Å². The molecule has 1 saturated carbocycles. The maximum Gasteiger partial charge on any atom is 0.435 e. The molecule has 0 atom stereocenters. The molecule has 12 heteroatoms. The number of benzene rings is 1. The minimum atomic E-state index is -4.67. The summed E-state index contributed by atoms with van der Waals surface area (Å²) < 4.78 is 44.1. The molecule has 0 bridgehead atoms. The second-order valence-corrected chi connectivity index (χ2v) is 11.9. The summed E-state index contributed by atoms with van der Waals surface area (Å²) in [5, 5.41) is 3.66. The summed E-state index contributed by atoms with van der Waals surface area (Å²) >= 11 is 0. The van der Waals surface area contributed by atoms with Crippen molar-refractivity contribution in [3.63, 3.8) is 0 Å². The molecule has 234 valence electrons. The third-order valence-electron chi connectivity index (χ3n) is 8.81. The van der Waals surface area contributed by atoms with Crippen molar-refractivity contribution in [3.8, 4) is 23.6 Å². The standard InChI is InChI=1S/C33H34F3N7O2/c1-3-11-42-21-26(30(39-42)33(34,35)36)28-20-38-31-27(37-10-12-43(28)31)18-24-8-9-25(22(2)17-24)32(45)41-15-13-40(14-16-41)29(44)19-23-6-4-5-7-23/h1,8-10,12,17,20-21,23H,4-7,11,13-16,18-19H2,2H3. The number of aryl methyl sites for hydroxylation is 1. The first-order chi connectivity index (χ1) is 21.6. The fourth-order valence-electron chi connectivity index (χ4n) is 6.48. The van der Waals surface area contributed by atoms with Gasteiger partial charge in [-0.3, -0.25) is 23.7 Å². The van der Waals surface area contributed by atoms with Crippen LogP contribution in [0.5, 0.6) is 0 Å². The lowest BCUT2D eigenvalue weighted by Crippen LogP contribution is -2.50. The maximum absolute atomic E-state index is 13.8. The number of halogens is 3. The summed E-state index contributed by atoms with van der Waals surface area (Å²) in [5.41, 5.74) is 2.35. The molecule has 0 radical (unpaired) electrons. The molecule has 0 N–H and O–H groups in total. The van der Waals surface area contributed by atoms with E-state index in [0.29, 0.717) is 61.8 Å². The van der Waals surface area contributed by atoms with Crippen molar-refractivity contribution in [3.05, 3.63) is 71.1 Å². The van der Waals surface area contributed by atoms with E-state index >= 15 is 0 Å². The van der Waals surface area contributed by atoms with E-state index in [9.17, 15) is 22.8 Å². The number of aromatic nitrogens is 5. The van der Waals surface area contributed by atoms with Crippen molar-refractivity contribution >= 4 is 17.5 Å². The highest BCUT2D eigenvalue weighted by molar-refractivity contribution is 5.96. The Balaban J connectivity index is 1.16. The number of carbonyl (C=O) groups excluding carboxylic acids is 2. The molecule has 45 heavy (non-hydrogen) atoms. The number of hydrogen-bond acceptors (Lipinski definition) is 5. The molecule has 4 aromatic rings. The van der Waals surface area contributed by atoms with Gasteiger partial charge in [-0.05, 0) is 42.9 Å². The van der Waals surface area contributed by atoms with Gasteiger partial charge in [-0.2, -0.15) is 18.3 Å². The molecule has 2 amide bonds. The van der Waals surface area contributed by atoms with Crippen LogP contribution in [0.4, 0.5) is 13.2 Å². The smallest absolute Gasteiger partial charge is 0.339 e. The van der Waals surface area contributed by atoms with Crippen LogP contribution in [-0.2, 0) is 23.9 Å². The van der Waals surface area contributed by atoms with Crippen LogP contribution in [0.3, 0.4) is 0 Å². The fourth-order valence-corrected chi connectivity index (χ4v) is 6.48. The van der Waals surface area contributed by atoms with E-state index in [2.05, 4.69) is 21.0 Å². The second-order valence-electron chi connectivity index (χ2n) is 11.9. The summed E-state index contributed by atoms with van der Waals surface area (Å²) in [6, 6.07) is 5.59. The van der Waals surface area contributed by atoms with Crippen LogP contribution >= 0.6 is 0 Å². The van der Waals surface area contributed by atoms with Crippen molar-refractivity contribution < 1.29 is 22.8 Å². The van der Waals surface area contributed by atoms with Gasteiger partial charge in [0, 0.05) is 63.2 Å². The Morgan fingerprint density at radius 2 is 1.80 bits per heavy atom. The highest BCUT2D eigenvalue weighted by Gasteiger charge is 2.38. The number of terminal acetylenes is 1. The first kappa shape index (κ1) is 30.4. The summed E-state index contributed by atoms with van der Waals surface area (Å²) in [4.78, 5) is 38.7. The van der Waals surface area contributed by atoms with Gasteiger partial charge in [0.2, 0.25) is 5.91 Å². The summed E-state index contributed by atoms with van der Waals surface area (Å²) in [6.07, 6.45) is 12.0. The first-order valence-electron chi connectivity index (χ1n) is 15.2. The van der Waals surface area contributed by atoms with Gasteiger partial charge in [0.15, 0.2) is 11.3 Å². The van der Waals surface area contributed by atoms with Crippen LogP contribution in [0, 0.1) is 25.2 Å². The molecule has 3 aromatic heterocycles. The van der Waals surface area contributed by atoms with E-state index in [1.165, 1.54) is 31.4 Å². The first-order valence-corrected chi connectivity index (χ1v) is 15.2. The monoisotopic (exact) mass is 617 g/mol. The molecule has 2 aliphatic rings. The average Bonchev–Trinajstić information content (AvgIpc) is 3.78. The SMILES string of the molecule is C#CCn1cc(-c2cnc3c(Cc4ccc(C(=O)N5CCN(C(=O)CC6CCCC6)CC5)c(C)c4)nccn23)c(C(F)(F)F)n1. The number of nitrogens with zero attached hydrogens (tertiary/aromatic N) is 7. The zero-order valence-electron chi connectivity index (χ0n) is 25.1. The Hall–Kier alpha value is -4.66. The summed E-state index contributed by atoms with van der Waals surface area (Å²) in [6.45, 7) is 3.88. The van der Waals surface area contributed by atoms with Crippen LogP contribution in [0.15, 0.2) is 43.0 Å². The molecule has 2 fully saturated rings. The zero-order chi connectivity index (χ0) is 31.7. The number of alkyl halides is 3. The predicted octanol–water partition coefficient (Wildman–Crippen LogP) is 5.01. The number of imidazole rings is 1.